The number of hydrogen-bond donors (Lipinski definition) is 1. The predicted octanol–water partition coefficient (Wildman–Crippen LogP) is 3.08. The molecule has 0 saturated heterocycles. The molecule has 21 heavy (non-hydrogen) atoms. The van der Waals surface area contributed by atoms with Crippen LogP contribution in [0, 0.1) is 0 Å². The smallest absolute Gasteiger partial charge is 0.146 e. The summed E-state index contributed by atoms with van der Waals surface area (Å²) in [6.07, 6.45) is 6.13. The second-order valence-electron chi connectivity index (χ2n) is 5.43. The first-order chi connectivity index (χ1) is 10.3. The fourth-order valence-electron chi connectivity index (χ4n) is 3.06. The van der Waals surface area contributed by atoms with Crippen molar-refractivity contribution in [1.82, 2.24) is 14.9 Å². The second-order valence-corrected chi connectivity index (χ2v) is 5.43. The molecule has 1 aliphatic rings. The molecule has 1 aliphatic carbocycles. The Bertz CT molecular complexity index is 606. The number of hydrogen-bond acceptors (Lipinski definition) is 3. The van der Waals surface area contributed by atoms with Gasteiger partial charge in [0.2, 0.25) is 0 Å². The number of aromatic nitrogens is 2. The van der Waals surface area contributed by atoms with Gasteiger partial charge in [-0.3, -0.25) is 0 Å². The van der Waals surface area contributed by atoms with Crippen LogP contribution in [0.1, 0.15) is 43.3 Å². The summed E-state index contributed by atoms with van der Waals surface area (Å²) in [5, 5.41) is 3.54. The van der Waals surface area contributed by atoms with E-state index in [-0.39, 0.29) is 0 Å². The zero-order valence-corrected chi connectivity index (χ0v) is 12.8. The molecule has 0 spiro atoms. The third-order valence-electron chi connectivity index (χ3n) is 4.15. The summed E-state index contributed by atoms with van der Waals surface area (Å²) in [7, 11) is 0. The fourth-order valence-corrected chi connectivity index (χ4v) is 3.06. The van der Waals surface area contributed by atoms with Crippen LogP contribution in [0.5, 0.6) is 5.75 Å². The van der Waals surface area contributed by atoms with Crippen LogP contribution in [0.15, 0.2) is 30.6 Å². The van der Waals surface area contributed by atoms with Gasteiger partial charge in [0.1, 0.15) is 18.2 Å². The molecule has 1 unspecified atom stereocenters. The van der Waals surface area contributed by atoms with Crippen LogP contribution in [0.3, 0.4) is 0 Å². The molecule has 0 amide bonds. The maximum absolute atomic E-state index is 5.91. The average Bonchev–Trinajstić information content (AvgIpc) is 3.12. The van der Waals surface area contributed by atoms with Gasteiger partial charge in [-0.25, -0.2) is 4.98 Å². The third kappa shape index (κ3) is 2.95. The number of nitrogens with zero attached hydrogens (tertiary/aromatic N) is 2. The highest BCUT2D eigenvalue weighted by Gasteiger charge is 2.21. The van der Waals surface area contributed by atoms with Gasteiger partial charge in [0, 0.05) is 25.0 Å². The lowest BCUT2D eigenvalue weighted by molar-refractivity contribution is 0.289. The molecular formula is C17H23N3O. The molecule has 1 aromatic heterocycles. The van der Waals surface area contributed by atoms with E-state index in [4.69, 9.17) is 4.74 Å². The maximum Gasteiger partial charge on any atom is 0.146 e. The van der Waals surface area contributed by atoms with Gasteiger partial charge in [0.15, 0.2) is 0 Å². The van der Waals surface area contributed by atoms with Gasteiger partial charge in [0.05, 0.1) is 0 Å². The van der Waals surface area contributed by atoms with Gasteiger partial charge in [-0.15, -0.1) is 0 Å². The Morgan fingerprint density at radius 2 is 2.29 bits per heavy atom. The Morgan fingerprint density at radius 3 is 3.10 bits per heavy atom. The van der Waals surface area contributed by atoms with E-state index in [9.17, 15) is 0 Å². The molecule has 0 radical (unpaired) electrons. The summed E-state index contributed by atoms with van der Waals surface area (Å²) in [5.74, 6) is 1.92. The topological polar surface area (TPSA) is 39.1 Å². The Morgan fingerprint density at radius 1 is 1.38 bits per heavy atom. The van der Waals surface area contributed by atoms with Gasteiger partial charge in [0.25, 0.3) is 0 Å². The van der Waals surface area contributed by atoms with Crippen molar-refractivity contribution in [2.75, 3.05) is 6.54 Å². The van der Waals surface area contributed by atoms with E-state index < -0.39 is 0 Å². The first kappa shape index (κ1) is 14.1. The molecule has 112 valence electrons. The lowest BCUT2D eigenvalue weighted by Crippen LogP contribution is -2.18. The van der Waals surface area contributed by atoms with Crippen LogP contribution in [-0.4, -0.2) is 16.1 Å². The highest BCUT2D eigenvalue weighted by atomic mass is 16.5. The zero-order chi connectivity index (χ0) is 14.7. The SMILES string of the molecule is CCNC1CCc2cc(OCc3nccn3CC)ccc21. The van der Waals surface area contributed by atoms with Crippen molar-refractivity contribution in [3.8, 4) is 5.75 Å². The molecule has 1 aromatic carbocycles. The summed E-state index contributed by atoms with van der Waals surface area (Å²) in [6, 6.07) is 6.98. The number of ether oxygens (including phenoxy) is 1. The molecule has 1 heterocycles. The Labute approximate surface area is 126 Å². The average molecular weight is 285 g/mol. The third-order valence-corrected chi connectivity index (χ3v) is 4.15. The molecule has 1 N–H and O–H groups in total. The Balaban J connectivity index is 1.68. The van der Waals surface area contributed by atoms with E-state index in [1.807, 2.05) is 12.4 Å². The van der Waals surface area contributed by atoms with Gasteiger partial charge in [-0.2, -0.15) is 0 Å². The molecule has 4 nitrogen and oxygen atoms in total. The van der Waals surface area contributed by atoms with E-state index >= 15 is 0 Å². The summed E-state index contributed by atoms with van der Waals surface area (Å²) in [6.45, 7) is 6.73. The number of rotatable bonds is 6. The molecule has 3 rings (SSSR count). The molecule has 1 atom stereocenters. The normalized spacial score (nSPS) is 17.0. The molecule has 0 bridgehead atoms. The molecule has 0 aliphatic heterocycles. The van der Waals surface area contributed by atoms with Gasteiger partial charge >= 0.3 is 0 Å². The number of aryl methyl sites for hydroxylation is 2. The zero-order valence-electron chi connectivity index (χ0n) is 12.8. The van der Waals surface area contributed by atoms with Crippen LogP contribution in [0.4, 0.5) is 0 Å². The molecule has 0 saturated carbocycles. The maximum atomic E-state index is 5.91. The largest absolute Gasteiger partial charge is 0.486 e. The second kappa shape index (κ2) is 6.31. The Hall–Kier alpha value is -1.81. The highest BCUT2D eigenvalue weighted by molar-refractivity contribution is 5.40. The van der Waals surface area contributed by atoms with E-state index in [1.165, 1.54) is 17.5 Å². The summed E-state index contributed by atoms with van der Waals surface area (Å²) in [4.78, 5) is 4.34. The lowest BCUT2D eigenvalue weighted by atomic mass is 10.1. The van der Waals surface area contributed by atoms with Crippen molar-refractivity contribution in [1.29, 1.82) is 0 Å². The van der Waals surface area contributed by atoms with Crippen molar-refractivity contribution in [2.45, 2.75) is 45.9 Å². The first-order valence-corrected chi connectivity index (χ1v) is 7.80. The molecular weight excluding hydrogens is 262 g/mol. The van der Waals surface area contributed by atoms with E-state index in [0.717, 1.165) is 31.1 Å². The van der Waals surface area contributed by atoms with E-state index in [2.05, 4.69) is 46.9 Å². The molecule has 0 fully saturated rings. The minimum absolute atomic E-state index is 0.512. The number of nitrogens with one attached hydrogen (secondary N) is 1. The standard InChI is InChI=1S/C17H23N3O/c1-3-18-16-8-5-13-11-14(6-7-15(13)16)21-12-17-19-9-10-20(17)4-2/h6-7,9-11,16,18H,3-5,8,12H2,1-2H3. The number of fused-ring (bicyclic) bond motifs is 1. The van der Waals surface area contributed by atoms with Crippen molar-refractivity contribution < 1.29 is 4.74 Å². The molecule has 4 heteroatoms. The van der Waals surface area contributed by atoms with Crippen LogP contribution in [0.2, 0.25) is 0 Å². The lowest BCUT2D eigenvalue weighted by Gasteiger charge is -2.13. The van der Waals surface area contributed by atoms with Crippen LogP contribution in [-0.2, 0) is 19.6 Å². The van der Waals surface area contributed by atoms with Gasteiger partial charge in [-0.05, 0) is 49.6 Å². The van der Waals surface area contributed by atoms with Crippen molar-refractivity contribution in [3.63, 3.8) is 0 Å². The van der Waals surface area contributed by atoms with E-state index in [0.29, 0.717) is 12.6 Å². The van der Waals surface area contributed by atoms with Crippen molar-refractivity contribution in [3.05, 3.63) is 47.5 Å². The summed E-state index contributed by atoms with van der Waals surface area (Å²) < 4.78 is 8.02. The first-order valence-electron chi connectivity index (χ1n) is 7.80. The van der Waals surface area contributed by atoms with Gasteiger partial charge < -0.3 is 14.6 Å². The minimum atomic E-state index is 0.512. The monoisotopic (exact) mass is 285 g/mol. The van der Waals surface area contributed by atoms with Crippen LogP contribution in [0.25, 0.3) is 0 Å². The summed E-state index contributed by atoms with van der Waals surface area (Å²) >= 11 is 0. The van der Waals surface area contributed by atoms with Crippen LogP contribution < -0.4 is 10.1 Å². The van der Waals surface area contributed by atoms with Crippen molar-refractivity contribution >= 4 is 0 Å². The van der Waals surface area contributed by atoms with E-state index in [1.54, 1.807) is 0 Å². The predicted molar refractivity (Wildman–Crippen MR) is 83.4 cm³/mol. The van der Waals surface area contributed by atoms with Crippen LogP contribution >= 0.6 is 0 Å². The van der Waals surface area contributed by atoms with Crippen molar-refractivity contribution in [2.24, 2.45) is 0 Å². The quantitative estimate of drug-likeness (QED) is 0.886. The van der Waals surface area contributed by atoms with Gasteiger partial charge in [-0.1, -0.05) is 13.0 Å². The number of imidazole rings is 1. The highest BCUT2D eigenvalue weighted by Crippen LogP contribution is 2.33. The summed E-state index contributed by atoms with van der Waals surface area (Å²) in [5.41, 5.74) is 2.84. The minimum Gasteiger partial charge on any atom is -0.486 e. The fraction of sp³-hybridized carbons (Fsp3) is 0.471. The Kier molecular flexibility index (Phi) is 4.25. The molecule has 2 aromatic rings. The number of benzene rings is 1.